The Morgan fingerprint density at radius 3 is 3.13 bits per heavy atom. The summed E-state index contributed by atoms with van der Waals surface area (Å²) in [6.45, 7) is 0.128. The summed E-state index contributed by atoms with van der Waals surface area (Å²) in [7, 11) is 0. The van der Waals surface area contributed by atoms with Gasteiger partial charge < -0.3 is 10.8 Å². The van der Waals surface area contributed by atoms with Crippen LogP contribution in [0.15, 0.2) is 17.1 Å². The number of nitrogen functional groups attached to an aromatic ring is 1. The molecule has 1 aliphatic rings. The van der Waals surface area contributed by atoms with Crippen molar-refractivity contribution in [3.8, 4) is 0 Å². The Morgan fingerprint density at radius 1 is 1.73 bits per heavy atom. The van der Waals surface area contributed by atoms with Crippen LogP contribution < -0.4 is 11.4 Å². The number of thioether (sulfide) groups is 2. The van der Waals surface area contributed by atoms with E-state index in [-0.39, 0.29) is 28.1 Å². The molecule has 1 saturated heterocycles. The lowest BCUT2D eigenvalue weighted by Gasteiger charge is -2.11. The molecule has 0 saturated carbocycles. The summed E-state index contributed by atoms with van der Waals surface area (Å²) in [5, 5.41) is 9.03. The zero-order valence-corrected chi connectivity index (χ0v) is 9.50. The molecule has 0 bridgehead atoms. The third-order valence-corrected chi connectivity index (χ3v) is 5.19. The van der Waals surface area contributed by atoms with Gasteiger partial charge in [-0.25, -0.2) is 4.79 Å². The number of rotatable bonds is 2. The maximum absolute atomic E-state index is 11.5. The monoisotopic (exact) mass is 245 g/mol. The molecule has 2 atom stereocenters. The highest BCUT2D eigenvalue weighted by Gasteiger charge is 2.27. The summed E-state index contributed by atoms with van der Waals surface area (Å²) in [5.74, 6) is 1.05. The van der Waals surface area contributed by atoms with E-state index in [1.165, 1.54) is 0 Å². The first-order valence-corrected chi connectivity index (χ1v) is 6.42. The van der Waals surface area contributed by atoms with Crippen molar-refractivity contribution in [2.75, 3.05) is 18.1 Å². The molecule has 0 amide bonds. The van der Waals surface area contributed by atoms with E-state index < -0.39 is 0 Å². The third-order valence-electron chi connectivity index (χ3n) is 2.04. The highest BCUT2D eigenvalue weighted by molar-refractivity contribution is 8.20. The van der Waals surface area contributed by atoms with Gasteiger partial charge in [0.1, 0.15) is 5.82 Å². The molecule has 7 heteroatoms. The normalized spacial score (nSPS) is 25.7. The van der Waals surface area contributed by atoms with Gasteiger partial charge in [-0.2, -0.15) is 4.98 Å². The predicted molar refractivity (Wildman–Crippen MR) is 62.9 cm³/mol. The number of nitrogens with two attached hydrogens (primary N) is 1. The number of anilines is 1. The van der Waals surface area contributed by atoms with Crippen LogP contribution in [0, 0.1) is 0 Å². The molecular formula is C8H11N3O2S2. The molecule has 15 heavy (non-hydrogen) atoms. The summed E-state index contributed by atoms with van der Waals surface area (Å²) in [4.78, 5) is 15.2. The van der Waals surface area contributed by atoms with E-state index in [4.69, 9.17) is 10.8 Å². The lowest BCUT2D eigenvalue weighted by molar-refractivity contribution is 0.316. The van der Waals surface area contributed by atoms with Gasteiger partial charge in [-0.1, -0.05) is 0 Å². The van der Waals surface area contributed by atoms with Gasteiger partial charge >= 0.3 is 5.69 Å². The van der Waals surface area contributed by atoms with E-state index in [0.717, 1.165) is 5.75 Å². The van der Waals surface area contributed by atoms with Gasteiger partial charge in [0.15, 0.2) is 0 Å². The number of hydrogen-bond acceptors (Lipinski definition) is 6. The number of aliphatic hydroxyl groups excluding tert-OH is 1. The molecule has 0 aromatic carbocycles. The number of aromatic nitrogens is 2. The summed E-state index contributed by atoms with van der Waals surface area (Å²) in [5.41, 5.74) is 5.08. The van der Waals surface area contributed by atoms with Crippen LogP contribution in [-0.4, -0.2) is 31.6 Å². The molecule has 5 nitrogen and oxygen atoms in total. The van der Waals surface area contributed by atoms with E-state index in [1.54, 1.807) is 40.4 Å². The van der Waals surface area contributed by atoms with Crippen LogP contribution in [0.1, 0.15) is 5.37 Å². The van der Waals surface area contributed by atoms with Crippen LogP contribution in [0.5, 0.6) is 0 Å². The lowest BCUT2D eigenvalue weighted by atomic mass is 10.5. The predicted octanol–water partition coefficient (Wildman–Crippen LogP) is 0.122. The first-order chi connectivity index (χ1) is 7.20. The van der Waals surface area contributed by atoms with Crippen molar-refractivity contribution in [3.05, 3.63) is 22.7 Å². The molecule has 3 N–H and O–H groups in total. The van der Waals surface area contributed by atoms with Crippen molar-refractivity contribution < 1.29 is 5.11 Å². The second-order valence-corrected chi connectivity index (χ2v) is 6.00. The fourth-order valence-electron chi connectivity index (χ4n) is 1.33. The van der Waals surface area contributed by atoms with Crippen LogP contribution in [0.25, 0.3) is 0 Å². The molecule has 82 valence electrons. The van der Waals surface area contributed by atoms with Crippen LogP contribution in [0.3, 0.4) is 0 Å². The zero-order valence-electron chi connectivity index (χ0n) is 7.87. The van der Waals surface area contributed by atoms with Crippen molar-refractivity contribution in [1.29, 1.82) is 0 Å². The molecule has 2 heterocycles. The maximum Gasteiger partial charge on any atom is 0.350 e. The van der Waals surface area contributed by atoms with Gasteiger partial charge in [-0.05, 0) is 6.07 Å². The summed E-state index contributed by atoms with van der Waals surface area (Å²) >= 11 is 3.23. The second kappa shape index (κ2) is 4.46. The Hall–Kier alpha value is -0.660. The fraction of sp³-hybridized carbons (Fsp3) is 0.500. The quantitative estimate of drug-likeness (QED) is 0.770. The summed E-state index contributed by atoms with van der Waals surface area (Å²) in [6.07, 6.45) is 1.66. The summed E-state index contributed by atoms with van der Waals surface area (Å²) in [6, 6.07) is 1.61. The van der Waals surface area contributed by atoms with E-state index in [2.05, 4.69) is 4.98 Å². The van der Waals surface area contributed by atoms with Crippen LogP contribution >= 0.6 is 23.5 Å². The smallest absolute Gasteiger partial charge is 0.350 e. The average molecular weight is 245 g/mol. The van der Waals surface area contributed by atoms with Crippen molar-refractivity contribution >= 4 is 29.3 Å². The molecule has 1 fully saturated rings. The van der Waals surface area contributed by atoms with Crippen LogP contribution in [-0.2, 0) is 0 Å². The van der Waals surface area contributed by atoms with E-state index in [9.17, 15) is 4.79 Å². The van der Waals surface area contributed by atoms with Gasteiger partial charge in [-0.3, -0.25) is 4.57 Å². The van der Waals surface area contributed by atoms with Gasteiger partial charge in [0.05, 0.1) is 16.6 Å². The van der Waals surface area contributed by atoms with Gasteiger partial charge in [-0.15, -0.1) is 23.5 Å². The lowest BCUT2D eigenvalue weighted by Crippen LogP contribution is -2.25. The van der Waals surface area contributed by atoms with Gasteiger partial charge in [0.2, 0.25) is 0 Å². The first-order valence-electron chi connectivity index (χ1n) is 4.43. The minimum atomic E-state index is -0.327. The number of aliphatic hydroxyl groups is 1. The molecule has 0 aliphatic carbocycles. The standard InChI is InChI=1S/C8H11N3O2S2/c9-5-1-2-11(8(13)10-5)6-4-14-7(3-12)15-6/h1-2,6-7,12H,3-4H2,(H2,9,10,13)/t6-,7+/m1/s1. The third kappa shape index (κ3) is 2.30. The molecule has 0 radical (unpaired) electrons. The molecule has 0 unspecified atom stereocenters. The highest BCUT2D eigenvalue weighted by Crippen LogP contribution is 2.43. The Morgan fingerprint density at radius 2 is 2.53 bits per heavy atom. The molecule has 0 spiro atoms. The minimum absolute atomic E-state index is 0.0488. The number of nitrogens with zero attached hydrogens (tertiary/aromatic N) is 2. The van der Waals surface area contributed by atoms with Crippen LogP contribution in [0.4, 0.5) is 5.82 Å². The fourth-order valence-corrected chi connectivity index (χ4v) is 4.19. The van der Waals surface area contributed by atoms with Crippen molar-refractivity contribution in [3.63, 3.8) is 0 Å². The maximum atomic E-state index is 11.5. The Bertz CT molecular complexity index is 409. The molecule has 1 aromatic heterocycles. The van der Waals surface area contributed by atoms with Gasteiger partial charge in [0.25, 0.3) is 0 Å². The van der Waals surface area contributed by atoms with E-state index in [0.29, 0.717) is 0 Å². The molecular weight excluding hydrogens is 234 g/mol. The Labute approximate surface area is 95.1 Å². The molecule has 2 rings (SSSR count). The second-order valence-electron chi connectivity index (χ2n) is 3.08. The van der Waals surface area contributed by atoms with Crippen molar-refractivity contribution in [1.82, 2.24) is 9.55 Å². The highest BCUT2D eigenvalue weighted by atomic mass is 32.2. The number of hydrogen-bond donors (Lipinski definition) is 2. The van der Waals surface area contributed by atoms with Crippen LogP contribution in [0.2, 0.25) is 0 Å². The van der Waals surface area contributed by atoms with Crippen molar-refractivity contribution in [2.24, 2.45) is 0 Å². The topological polar surface area (TPSA) is 81.1 Å². The largest absolute Gasteiger partial charge is 0.394 e. The SMILES string of the molecule is Nc1ccn([C@H]2CS[C@H](CO)S2)c(=O)n1. The van der Waals surface area contributed by atoms with Gasteiger partial charge in [0, 0.05) is 11.9 Å². The Kier molecular flexibility index (Phi) is 3.22. The molecule has 1 aromatic rings. The first kappa shape index (κ1) is 10.8. The van der Waals surface area contributed by atoms with E-state index >= 15 is 0 Å². The minimum Gasteiger partial charge on any atom is -0.394 e. The molecule has 1 aliphatic heterocycles. The van der Waals surface area contributed by atoms with Crippen molar-refractivity contribution in [2.45, 2.75) is 9.96 Å². The summed E-state index contributed by atoms with van der Waals surface area (Å²) < 4.78 is 1.71. The van der Waals surface area contributed by atoms with E-state index in [1.807, 2.05) is 0 Å². The zero-order chi connectivity index (χ0) is 10.8. The average Bonchev–Trinajstić information content (AvgIpc) is 2.66. The Balaban J connectivity index is 2.20.